The first-order valence-corrected chi connectivity index (χ1v) is 8.49. The molecule has 4 rings (SSSR count). The van der Waals surface area contributed by atoms with Crippen LogP contribution < -0.4 is 0 Å². The third-order valence-corrected chi connectivity index (χ3v) is 4.62. The first-order valence-electron chi connectivity index (χ1n) is 8.49. The molecule has 0 bridgehead atoms. The first kappa shape index (κ1) is 16.7. The molecule has 0 amide bonds. The third-order valence-electron chi connectivity index (χ3n) is 4.62. The second kappa shape index (κ2) is 6.54. The molecule has 0 aromatic carbocycles. The van der Waals surface area contributed by atoms with Crippen molar-refractivity contribution >= 4 is 16.8 Å². The highest BCUT2D eigenvalue weighted by molar-refractivity contribution is 5.97. The molecule has 4 aromatic rings. The van der Waals surface area contributed by atoms with Gasteiger partial charge in [0.2, 0.25) is 0 Å². The Morgan fingerprint density at radius 3 is 2.78 bits per heavy atom. The maximum absolute atomic E-state index is 12.5. The number of ketones is 1. The Bertz CT molecular complexity index is 1210. The number of H-pyrrole nitrogens is 2. The van der Waals surface area contributed by atoms with Crippen LogP contribution in [0.1, 0.15) is 32.9 Å². The summed E-state index contributed by atoms with van der Waals surface area (Å²) in [6.45, 7) is 3.79. The Hall–Kier alpha value is -3.72. The fourth-order valence-electron chi connectivity index (χ4n) is 3.00. The molecule has 0 aliphatic carbocycles. The average molecular weight is 355 g/mol. The number of carbonyl (C=O) groups is 1. The maximum Gasteiger partial charge on any atom is 0.187 e. The van der Waals surface area contributed by atoms with E-state index in [9.17, 15) is 4.79 Å². The van der Waals surface area contributed by atoms with Gasteiger partial charge in [0.05, 0.1) is 0 Å². The number of carbonyl (C=O) groups excluding carboxylic acids is 1. The number of hydrogen-bond donors (Lipinski definition) is 2. The van der Waals surface area contributed by atoms with Crippen molar-refractivity contribution in [2.45, 2.75) is 20.3 Å². The zero-order valence-electron chi connectivity index (χ0n) is 15.0. The minimum Gasteiger partial charge on any atom is -0.339 e. The molecule has 27 heavy (non-hydrogen) atoms. The van der Waals surface area contributed by atoms with E-state index in [-0.39, 0.29) is 12.2 Å². The van der Waals surface area contributed by atoms with Crippen LogP contribution in [0.5, 0.6) is 0 Å². The molecule has 0 fully saturated rings. The zero-order valence-corrected chi connectivity index (χ0v) is 15.0. The topological polar surface area (TPSA) is 87.3 Å². The van der Waals surface area contributed by atoms with Crippen LogP contribution in [0, 0.1) is 26.2 Å². The second-order valence-electron chi connectivity index (χ2n) is 6.49. The molecule has 0 aliphatic rings. The van der Waals surface area contributed by atoms with Gasteiger partial charge in [-0.3, -0.25) is 14.9 Å². The number of Topliss-reactive ketones (excluding diaryl/α,β-unsaturated/α-hetero) is 1. The molecular weight excluding hydrogens is 338 g/mol. The van der Waals surface area contributed by atoms with Gasteiger partial charge in [-0.2, -0.15) is 5.10 Å². The minimum atomic E-state index is -0.0281. The van der Waals surface area contributed by atoms with E-state index >= 15 is 0 Å². The van der Waals surface area contributed by atoms with Gasteiger partial charge in [-0.25, -0.2) is 4.98 Å². The van der Waals surface area contributed by atoms with E-state index in [0.29, 0.717) is 5.69 Å². The summed E-state index contributed by atoms with van der Waals surface area (Å²) in [5.41, 5.74) is 6.36. The molecule has 0 unspecified atom stereocenters. The molecule has 0 saturated heterocycles. The highest BCUT2D eigenvalue weighted by Crippen LogP contribution is 2.24. The van der Waals surface area contributed by atoms with Gasteiger partial charge in [0.15, 0.2) is 5.78 Å². The zero-order chi connectivity index (χ0) is 19.0. The van der Waals surface area contributed by atoms with Gasteiger partial charge in [0.25, 0.3) is 0 Å². The number of nitrogens with one attached hydrogen (secondary N) is 2. The van der Waals surface area contributed by atoms with Crippen molar-refractivity contribution in [1.29, 1.82) is 0 Å². The second-order valence-corrected chi connectivity index (χ2v) is 6.49. The number of hydrogen-bond acceptors (Lipinski definition) is 4. The number of pyridine rings is 2. The summed E-state index contributed by atoms with van der Waals surface area (Å²) in [5, 5.41) is 7.89. The fraction of sp³-hybridized carbons (Fsp3) is 0.143. The van der Waals surface area contributed by atoms with E-state index in [0.717, 1.165) is 44.7 Å². The van der Waals surface area contributed by atoms with Gasteiger partial charge in [-0.05, 0) is 37.6 Å². The summed E-state index contributed by atoms with van der Waals surface area (Å²) < 4.78 is 0. The molecule has 0 saturated carbocycles. The molecule has 6 nitrogen and oxygen atoms in total. The van der Waals surface area contributed by atoms with Gasteiger partial charge in [0.1, 0.15) is 11.3 Å². The van der Waals surface area contributed by atoms with Crippen molar-refractivity contribution in [2.24, 2.45) is 0 Å². The van der Waals surface area contributed by atoms with E-state index < -0.39 is 0 Å². The summed E-state index contributed by atoms with van der Waals surface area (Å²) in [7, 11) is 0. The number of aromatic nitrogens is 5. The van der Waals surface area contributed by atoms with Crippen LogP contribution in [0.3, 0.4) is 0 Å². The van der Waals surface area contributed by atoms with E-state index in [1.807, 2.05) is 32.0 Å². The van der Waals surface area contributed by atoms with Crippen molar-refractivity contribution in [1.82, 2.24) is 25.1 Å². The SMILES string of the molecule is C#Cc1cncc(-c2cc3cc(CC(=O)c4n[nH]c(C)c4C)cnc3[nH]2)c1. The van der Waals surface area contributed by atoms with Crippen LogP contribution >= 0.6 is 0 Å². The van der Waals surface area contributed by atoms with Crippen LogP contribution in [0.4, 0.5) is 0 Å². The highest BCUT2D eigenvalue weighted by atomic mass is 16.1. The molecule has 6 heteroatoms. The molecule has 4 aromatic heterocycles. The van der Waals surface area contributed by atoms with E-state index in [2.05, 4.69) is 31.1 Å². The lowest BCUT2D eigenvalue weighted by Gasteiger charge is -2.00. The molecule has 0 spiro atoms. The third kappa shape index (κ3) is 3.11. The molecule has 0 radical (unpaired) electrons. The van der Waals surface area contributed by atoms with Gasteiger partial charge >= 0.3 is 0 Å². The molecule has 4 heterocycles. The normalized spacial score (nSPS) is 10.9. The standard InChI is InChI=1S/C21H17N5O/c1-4-14-5-17(11-22-9-14)18-8-16-6-15(10-23-21(16)24-18)7-19(27)20-12(2)13(3)25-26-20/h1,5-6,8-11H,7H2,2-3H3,(H,23,24)(H,25,26). The number of nitrogens with zero attached hydrogens (tertiary/aromatic N) is 3. The van der Waals surface area contributed by atoms with Crippen molar-refractivity contribution in [3.63, 3.8) is 0 Å². The van der Waals surface area contributed by atoms with Crippen LogP contribution in [0.15, 0.2) is 36.8 Å². The van der Waals surface area contributed by atoms with E-state index in [1.165, 1.54) is 0 Å². The number of terminal acetylenes is 1. The van der Waals surface area contributed by atoms with Crippen molar-refractivity contribution in [3.8, 4) is 23.6 Å². The van der Waals surface area contributed by atoms with Crippen molar-refractivity contribution < 1.29 is 4.79 Å². The van der Waals surface area contributed by atoms with Crippen LogP contribution in [0.2, 0.25) is 0 Å². The highest BCUT2D eigenvalue weighted by Gasteiger charge is 2.16. The summed E-state index contributed by atoms with van der Waals surface area (Å²) >= 11 is 0. The van der Waals surface area contributed by atoms with Gasteiger partial charge < -0.3 is 4.98 Å². The quantitative estimate of drug-likeness (QED) is 0.434. The van der Waals surface area contributed by atoms with Crippen molar-refractivity contribution in [2.75, 3.05) is 0 Å². The molecule has 0 atom stereocenters. The van der Waals surface area contributed by atoms with E-state index in [4.69, 9.17) is 6.42 Å². The predicted octanol–water partition coefficient (Wildman–Crippen LogP) is 3.37. The van der Waals surface area contributed by atoms with Gasteiger partial charge in [-0.1, -0.05) is 5.92 Å². The lowest BCUT2D eigenvalue weighted by atomic mass is 10.0. The maximum atomic E-state index is 12.5. The number of aromatic amines is 2. The van der Waals surface area contributed by atoms with Crippen LogP contribution in [-0.2, 0) is 6.42 Å². The Kier molecular flexibility index (Phi) is 4.05. The molecule has 132 valence electrons. The van der Waals surface area contributed by atoms with E-state index in [1.54, 1.807) is 18.6 Å². The van der Waals surface area contributed by atoms with Crippen molar-refractivity contribution in [3.05, 3.63) is 64.9 Å². The number of rotatable bonds is 4. The summed E-state index contributed by atoms with van der Waals surface area (Å²) in [4.78, 5) is 24.4. The Balaban J connectivity index is 1.64. The molecular formula is C21H17N5O. The summed E-state index contributed by atoms with van der Waals surface area (Å²) in [6.07, 6.45) is 10.8. The van der Waals surface area contributed by atoms with Crippen LogP contribution in [0.25, 0.3) is 22.3 Å². The Morgan fingerprint density at radius 1 is 1.19 bits per heavy atom. The summed E-state index contributed by atoms with van der Waals surface area (Å²) in [6, 6.07) is 5.84. The average Bonchev–Trinajstić information content (AvgIpc) is 3.25. The lowest BCUT2D eigenvalue weighted by molar-refractivity contribution is 0.0987. The largest absolute Gasteiger partial charge is 0.339 e. The number of aryl methyl sites for hydroxylation is 1. The monoisotopic (exact) mass is 355 g/mol. The predicted molar refractivity (Wildman–Crippen MR) is 103 cm³/mol. The Morgan fingerprint density at radius 2 is 2.04 bits per heavy atom. The first-order chi connectivity index (χ1) is 13.0. The fourth-order valence-corrected chi connectivity index (χ4v) is 3.00. The summed E-state index contributed by atoms with van der Waals surface area (Å²) in [5.74, 6) is 2.56. The number of fused-ring (bicyclic) bond motifs is 1. The molecule has 2 N–H and O–H groups in total. The molecule has 0 aliphatic heterocycles. The Labute approximate surface area is 156 Å². The lowest BCUT2D eigenvalue weighted by Crippen LogP contribution is -2.06. The van der Waals surface area contributed by atoms with Gasteiger partial charge in [-0.15, -0.1) is 6.42 Å². The van der Waals surface area contributed by atoms with Gasteiger partial charge in [0, 0.05) is 58.5 Å². The smallest absolute Gasteiger partial charge is 0.187 e. The minimum absolute atomic E-state index is 0.0281. The van der Waals surface area contributed by atoms with Crippen LogP contribution in [-0.4, -0.2) is 30.9 Å².